The molecule has 0 unspecified atom stereocenters. The second kappa shape index (κ2) is 8.91. The number of aromatic nitrogens is 4. The van der Waals surface area contributed by atoms with Crippen LogP contribution >= 0.6 is 23.2 Å². The highest BCUT2D eigenvalue weighted by atomic mass is 35.5. The summed E-state index contributed by atoms with van der Waals surface area (Å²) in [4.78, 5) is 29.8. The first kappa shape index (κ1) is 21.1. The molecule has 1 amide bonds. The van der Waals surface area contributed by atoms with Crippen LogP contribution < -0.4 is 10.9 Å². The molecule has 0 saturated carbocycles. The number of nitrogens with zero attached hydrogens (tertiary/aromatic N) is 4. The minimum Gasteiger partial charge on any atom is -0.309 e. The van der Waals surface area contributed by atoms with Crippen LogP contribution in [-0.2, 0) is 17.8 Å². The zero-order valence-electron chi connectivity index (χ0n) is 16.7. The highest BCUT2D eigenvalue weighted by Crippen LogP contribution is 2.24. The molecule has 0 radical (unpaired) electrons. The van der Waals surface area contributed by atoms with Gasteiger partial charge in [-0.1, -0.05) is 54.7 Å². The lowest BCUT2D eigenvalue weighted by molar-refractivity contribution is -0.116. The van der Waals surface area contributed by atoms with E-state index in [-0.39, 0.29) is 22.9 Å². The Labute approximate surface area is 188 Å². The van der Waals surface area contributed by atoms with Crippen molar-refractivity contribution in [2.45, 2.75) is 26.3 Å². The summed E-state index contributed by atoms with van der Waals surface area (Å²) >= 11 is 12.1. The molecule has 0 bridgehead atoms. The second-order valence-electron chi connectivity index (χ2n) is 7.03. The summed E-state index contributed by atoms with van der Waals surface area (Å²) in [7, 11) is 0. The van der Waals surface area contributed by atoms with Crippen LogP contribution in [0.1, 0.15) is 19.0 Å². The summed E-state index contributed by atoms with van der Waals surface area (Å²) in [5.41, 5.74) is 1.65. The van der Waals surface area contributed by atoms with Crippen LogP contribution in [0.5, 0.6) is 0 Å². The molecule has 0 fully saturated rings. The smallest absolute Gasteiger partial charge is 0.261 e. The molecule has 0 aliphatic carbocycles. The molecule has 31 heavy (non-hydrogen) atoms. The molecular formula is C22H19Cl2N5O2. The zero-order chi connectivity index (χ0) is 22.0. The zero-order valence-corrected chi connectivity index (χ0v) is 18.2. The number of para-hydroxylation sites is 1. The van der Waals surface area contributed by atoms with Crippen molar-refractivity contribution in [3.63, 3.8) is 0 Å². The molecule has 4 rings (SSSR count). The average molecular weight is 456 g/mol. The summed E-state index contributed by atoms with van der Waals surface area (Å²) in [6.45, 7) is 1.85. The van der Waals surface area contributed by atoms with E-state index in [9.17, 15) is 9.59 Å². The fourth-order valence-electron chi connectivity index (χ4n) is 3.31. The van der Waals surface area contributed by atoms with Gasteiger partial charge in [0.1, 0.15) is 12.4 Å². The number of halogens is 2. The number of fused-ring (bicyclic) bond motifs is 1. The van der Waals surface area contributed by atoms with Gasteiger partial charge in [-0.25, -0.2) is 9.67 Å². The molecule has 1 N–H and O–H groups in total. The molecule has 158 valence electrons. The topological polar surface area (TPSA) is 81.8 Å². The van der Waals surface area contributed by atoms with Crippen LogP contribution in [0.2, 0.25) is 10.0 Å². The number of nitrogens with one attached hydrogen (secondary N) is 1. The van der Waals surface area contributed by atoms with Crippen molar-refractivity contribution in [3.05, 3.63) is 81.0 Å². The average Bonchev–Trinajstić information content (AvgIpc) is 3.13. The van der Waals surface area contributed by atoms with Gasteiger partial charge in [-0.15, -0.1) is 0 Å². The highest BCUT2D eigenvalue weighted by Gasteiger charge is 2.15. The van der Waals surface area contributed by atoms with E-state index in [2.05, 4.69) is 22.3 Å². The van der Waals surface area contributed by atoms with Crippen molar-refractivity contribution >= 4 is 45.8 Å². The lowest BCUT2D eigenvalue weighted by Crippen LogP contribution is -2.28. The van der Waals surface area contributed by atoms with Crippen LogP contribution in [0, 0.1) is 0 Å². The Balaban J connectivity index is 1.62. The van der Waals surface area contributed by atoms with E-state index >= 15 is 0 Å². The number of anilines is 1. The molecule has 7 nitrogen and oxygen atoms in total. The fraction of sp³-hybridized carbons (Fsp3) is 0.182. The van der Waals surface area contributed by atoms with Crippen LogP contribution in [-0.4, -0.2) is 25.2 Å². The van der Waals surface area contributed by atoms with Gasteiger partial charge >= 0.3 is 0 Å². The van der Waals surface area contributed by atoms with E-state index in [1.54, 1.807) is 4.68 Å². The minimum absolute atomic E-state index is 0.213. The van der Waals surface area contributed by atoms with Crippen molar-refractivity contribution in [1.29, 1.82) is 0 Å². The van der Waals surface area contributed by atoms with Crippen molar-refractivity contribution in [1.82, 2.24) is 19.3 Å². The molecule has 2 aromatic heterocycles. The van der Waals surface area contributed by atoms with E-state index in [0.717, 1.165) is 24.2 Å². The van der Waals surface area contributed by atoms with Crippen molar-refractivity contribution in [3.8, 4) is 5.69 Å². The Morgan fingerprint density at radius 2 is 1.90 bits per heavy atom. The SMILES string of the molecule is CCCc1cc(NC(=O)Cn2cnc3c(Cl)cc(Cl)cc3c2=O)n(-c2ccccc2)n1. The van der Waals surface area contributed by atoms with Gasteiger partial charge < -0.3 is 5.32 Å². The predicted molar refractivity (Wildman–Crippen MR) is 122 cm³/mol. The lowest BCUT2D eigenvalue weighted by atomic mass is 10.2. The first-order valence-corrected chi connectivity index (χ1v) is 10.5. The van der Waals surface area contributed by atoms with Crippen molar-refractivity contribution < 1.29 is 4.79 Å². The molecule has 0 saturated heterocycles. The maximum Gasteiger partial charge on any atom is 0.261 e. The predicted octanol–water partition coefficient (Wildman–Crippen LogP) is 4.48. The maximum absolute atomic E-state index is 12.8. The van der Waals surface area contributed by atoms with Gasteiger partial charge in [0, 0.05) is 11.1 Å². The number of hydrogen-bond acceptors (Lipinski definition) is 4. The van der Waals surface area contributed by atoms with Gasteiger partial charge in [0.05, 0.1) is 33.6 Å². The Kier molecular flexibility index (Phi) is 6.06. The largest absolute Gasteiger partial charge is 0.309 e. The Bertz CT molecular complexity index is 1310. The molecule has 2 aromatic carbocycles. The highest BCUT2D eigenvalue weighted by molar-refractivity contribution is 6.38. The fourth-order valence-corrected chi connectivity index (χ4v) is 3.85. The standard InChI is InChI=1S/C22H19Cl2N5O2/c1-2-6-15-11-19(29(27-15)16-7-4-3-5-8-16)26-20(30)12-28-13-25-21-17(22(28)31)9-14(23)10-18(21)24/h3-5,7-11,13H,2,6,12H2,1H3,(H,26,30). The second-order valence-corrected chi connectivity index (χ2v) is 7.87. The van der Waals surface area contributed by atoms with Crippen molar-refractivity contribution in [2.24, 2.45) is 0 Å². The van der Waals surface area contributed by atoms with Crippen molar-refractivity contribution in [2.75, 3.05) is 5.32 Å². The molecular weight excluding hydrogens is 437 g/mol. The summed E-state index contributed by atoms with van der Waals surface area (Å²) < 4.78 is 2.91. The molecule has 0 spiro atoms. The normalized spacial score (nSPS) is 11.1. The monoisotopic (exact) mass is 455 g/mol. The Hall–Kier alpha value is -3.16. The molecule has 9 heteroatoms. The Morgan fingerprint density at radius 1 is 1.13 bits per heavy atom. The Morgan fingerprint density at radius 3 is 2.65 bits per heavy atom. The lowest BCUT2D eigenvalue weighted by Gasteiger charge is -2.10. The van der Waals surface area contributed by atoms with Crippen LogP contribution in [0.4, 0.5) is 5.82 Å². The number of rotatable bonds is 6. The summed E-state index contributed by atoms with van der Waals surface area (Å²) in [5.74, 6) is 0.157. The van der Waals surface area contributed by atoms with Crippen LogP contribution in [0.3, 0.4) is 0 Å². The number of hydrogen-bond donors (Lipinski definition) is 1. The molecule has 0 aliphatic rings. The first-order chi connectivity index (χ1) is 15.0. The van der Waals surface area contributed by atoms with Gasteiger partial charge in [-0.05, 0) is 30.7 Å². The summed E-state index contributed by atoms with van der Waals surface area (Å²) in [5, 5.41) is 8.32. The first-order valence-electron chi connectivity index (χ1n) is 9.74. The number of carbonyl (C=O) groups is 1. The molecule has 0 atom stereocenters. The molecule has 0 aliphatic heterocycles. The molecule has 2 heterocycles. The van der Waals surface area contributed by atoms with Crippen LogP contribution in [0.15, 0.2) is 59.7 Å². The third-order valence-corrected chi connectivity index (χ3v) is 5.20. The maximum atomic E-state index is 12.8. The third kappa shape index (κ3) is 4.47. The summed E-state index contributed by atoms with van der Waals surface area (Å²) in [6, 6.07) is 14.4. The van der Waals surface area contributed by atoms with Gasteiger partial charge in [-0.3, -0.25) is 14.2 Å². The minimum atomic E-state index is -0.396. The number of aryl methyl sites for hydroxylation is 1. The van der Waals surface area contributed by atoms with E-state index in [0.29, 0.717) is 16.4 Å². The third-order valence-electron chi connectivity index (χ3n) is 4.69. The number of amides is 1. The van der Waals surface area contributed by atoms with E-state index in [1.807, 2.05) is 36.4 Å². The van der Waals surface area contributed by atoms with E-state index < -0.39 is 5.56 Å². The quantitative estimate of drug-likeness (QED) is 0.464. The van der Waals surface area contributed by atoms with Gasteiger partial charge in [-0.2, -0.15) is 5.10 Å². The molecule has 4 aromatic rings. The van der Waals surface area contributed by atoms with Gasteiger partial charge in [0.15, 0.2) is 0 Å². The van der Waals surface area contributed by atoms with E-state index in [4.69, 9.17) is 23.2 Å². The summed E-state index contributed by atoms with van der Waals surface area (Å²) in [6.07, 6.45) is 3.03. The number of carbonyl (C=O) groups excluding carboxylic acids is 1. The number of benzene rings is 2. The van der Waals surface area contributed by atoms with Crippen LogP contribution in [0.25, 0.3) is 16.6 Å². The van der Waals surface area contributed by atoms with Gasteiger partial charge in [0.2, 0.25) is 5.91 Å². The van der Waals surface area contributed by atoms with E-state index in [1.165, 1.54) is 23.0 Å². The van der Waals surface area contributed by atoms with Gasteiger partial charge in [0.25, 0.3) is 5.56 Å².